The molecule has 1 aliphatic rings. The number of aliphatic hydroxyl groups is 1. The van der Waals surface area contributed by atoms with Gasteiger partial charge < -0.3 is 20.5 Å². The molecule has 0 aliphatic carbocycles. The second-order valence-electron chi connectivity index (χ2n) is 7.04. The SMILES string of the molecule is COCCCC[C@@](O)(c1ccccc1C(F)(F)F)C1CCCN(C(N)=O)C1. The Morgan fingerprint density at radius 1 is 1.30 bits per heavy atom. The van der Waals surface area contributed by atoms with Crippen LogP contribution in [0.5, 0.6) is 0 Å². The molecule has 0 saturated carbocycles. The molecule has 5 nitrogen and oxygen atoms in total. The lowest BCUT2D eigenvalue weighted by Crippen LogP contribution is -2.50. The molecule has 0 radical (unpaired) electrons. The second-order valence-corrected chi connectivity index (χ2v) is 7.04. The molecule has 1 heterocycles. The monoisotopic (exact) mass is 388 g/mol. The summed E-state index contributed by atoms with van der Waals surface area (Å²) in [7, 11) is 1.55. The second kappa shape index (κ2) is 8.93. The number of amides is 2. The van der Waals surface area contributed by atoms with Crippen LogP contribution in [0.3, 0.4) is 0 Å². The van der Waals surface area contributed by atoms with Crippen molar-refractivity contribution >= 4 is 6.03 Å². The van der Waals surface area contributed by atoms with E-state index in [4.69, 9.17) is 10.5 Å². The summed E-state index contributed by atoms with van der Waals surface area (Å²) in [6.07, 6.45) is -2.18. The number of nitrogens with two attached hydrogens (primary N) is 1. The molecule has 0 aromatic heterocycles. The number of carbonyl (C=O) groups excluding carboxylic acids is 1. The Bertz CT molecular complexity index is 639. The fraction of sp³-hybridized carbons (Fsp3) is 0.632. The van der Waals surface area contributed by atoms with Gasteiger partial charge in [0.25, 0.3) is 0 Å². The number of rotatable bonds is 7. The third-order valence-electron chi connectivity index (χ3n) is 5.26. The zero-order chi connectivity index (χ0) is 20.1. The molecule has 1 fully saturated rings. The highest BCUT2D eigenvalue weighted by atomic mass is 19.4. The molecule has 2 rings (SSSR count). The van der Waals surface area contributed by atoms with E-state index in [1.54, 1.807) is 7.11 Å². The summed E-state index contributed by atoms with van der Waals surface area (Å²) >= 11 is 0. The molecule has 2 atom stereocenters. The first-order valence-electron chi connectivity index (χ1n) is 9.12. The molecule has 2 amide bonds. The van der Waals surface area contributed by atoms with Crippen LogP contribution in [0.1, 0.15) is 43.2 Å². The molecule has 0 spiro atoms. The van der Waals surface area contributed by atoms with E-state index in [0.29, 0.717) is 38.8 Å². The van der Waals surface area contributed by atoms with Crippen molar-refractivity contribution in [1.82, 2.24) is 4.90 Å². The van der Waals surface area contributed by atoms with Crippen molar-refractivity contribution in [1.29, 1.82) is 0 Å². The number of primary amides is 1. The third kappa shape index (κ3) is 5.13. The Morgan fingerprint density at radius 3 is 2.56 bits per heavy atom. The van der Waals surface area contributed by atoms with Gasteiger partial charge in [-0.1, -0.05) is 18.2 Å². The third-order valence-corrected chi connectivity index (χ3v) is 5.26. The van der Waals surface area contributed by atoms with Gasteiger partial charge in [0.15, 0.2) is 0 Å². The number of hydrogen-bond acceptors (Lipinski definition) is 3. The summed E-state index contributed by atoms with van der Waals surface area (Å²) < 4.78 is 45.7. The van der Waals surface area contributed by atoms with Crippen LogP contribution in [-0.2, 0) is 16.5 Å². The lowest BCUT2D eigenvalue weighted by molar-refractivity contribution is -0.143. The lowest BCUT2D eigenvalue weighted by atomic mass is 9.72. The zero-order valence-corrected chi connectivity index (χ0v) is 15.5. The number of nitrogens with zero attached hydrogens (tertiary/aromatic N) is 1. The molecule has 8 heteroatoms. The van der Waals surface area contributed by atoms with Crippen LogP contribution in [0.4, 0.5) is 18.0 Å². The molecule has 1 aromatic rings. The zero-order valence-electron chi connectivity index (χ0n) is 15.5. The van der Waals surface area contributed by atoms with Crippen molar-refractivity contribution in [2.75, 3.05) is 26.8 Å². The first-order valence-corrected chi connectivity index (χ1v) is 9.12. The van der Waals surface area contributed by atoms with Crippen molar-refractivity contribution < 1.29 is 27.8 Å². The molecule has 1 unspecified atom stereocenters. The van der Waals surface area contributed by atoms with Gasteiger partial charge in [-0.25, -0.2) is 4.79 Å². The van der Waals surface area contributed by atoms with E-state index >= 15 is 0 Å². The Labute approximate surface area is 157 Å². The minimum atomic E-state index is -4.57. The van der Waals surface area contributed by atoms with Crippen molar-refractivity contribution in [2.24, 2.45) is 11.7 Å². The Morgan fingerprint density at radius 2 is 1.96 bits per heavy atom. The van der Waals surface area contributed by atoms with E-state index in [1.807, 2.05) is 0 Å². The van der Waals surface area contributed by atoms with Crippen LogP contribution in [0, 0.1) is 5.92 Å². The Hall–Kier alpha value is -1.80. The van der Waals surface area contributed by atoms with Crippen LogP contribution in [-0.4, -0.2) is 42.8 Å². The summed E-state index contributed by atoms with van der Waals surface area (Å²) in [5, 5.41) is 11.5. The van der Waals surface area contributed by atoms with Crippen LogP contribution in [0.2, 0.25) is 0 Å². The number of urea groups is 1. The highest BCUT2D eigenvalue weighted by molar-refractivity contribution is 5.72. The fourth-order valence-corrected chi connectivity index (χ4v) is 3.87. The number of likely N-dealkylation sites (tertiary alicyclic amines) is 1. The van der Waals surface area contributed by atoms with Gasteiger partial charge in [0, 0.05) is 32.7 Å². The van der Waals surface area contributed by atoms with Gasteiger partial charge in [-0.15, -0.1) is 0 Å². The maximum atomic E-state index is 13.6. The van der Waals surface area contributed by atoms with Gasteiger partial charge in [-0.3, -0.25) is 0 Å². The molecular weight excluding hydrogens is 361 g/mol. The first-order chi connectivity index (χ1) is 12.7. The Balaban J connectivity index is 2.40. The number of halogens is 3. The topological polar surface area (TPSA) is 75.8 Å². The van der Waals surface area contributed by atoms with Gasteiger partial charge >= 0.3 is 12.2 Å². The number of ether oxygens (including phenoxy) is 1. The molecular formula is C19H27F3N2O3. The maximum Gasteiger partial charge on any atom is 0.416 e. The number of benzene rings is 1. The maximum absolute atomic E-state index is 13.6. The standard InChI is InChI=1S/C19H27F3N2O3/c1-27-12-5-4-10-18(26,14-7-6-11-24(13-14)17(23)25)15-8-2-3-9-16(15)19(20,21)22/h2-3,8-9,14,26H,4-7,10-13H2,1H3,(H2,23,25)/t14?,18-/m0/s1. The van der Waals surface area contributed by atoms with Gasteiger partial charge in [-0.2, -0.15) is 13.2 Å². The molecule has 27 heavy (non-hydrogen) atoms. The first kappa shape index (κ1) is 21.5. The molecule has 0 bridgehead atoms. The van der Waals surface area contributed by atoms with Gasteiger partial charge in [0.05, 0.1) is 11.2 Å². The van der Waals surface area contributed by atoms with Gasteiger partial charge in [0.2, 0.25) is 0 Å². The van der Waals surface area contributed by atoms with Crippen LogP contribution in [0.25, 0.3) is 0 Å². The number of alkyl halides is 3. The van der Waals surface area contributed by atoms with E-state index in [0.717, 1.165) is 6.07 Å². The van der Waals surface area contributed by atoms with Crippen LogP contribution < -0.4 is 5.73 Å². The summed E-state index contributed by atoms with van der Waals surface area (Å²) in [6.45, 7) is 1.06. The Kier molecular flexibility index (Phi) is 7.11. The highest BCUT2D eigenvalue weighted by Gasteiger charge is 2.46. The van der Waals surface area contributed by atoms with E-state index < -0.39 is 29.3 Å². The average molecular weight is 388 g/mol. The average Bonchev–Trinajstić information content (AvgIpc) is 2.64. The lowest BCUT2D eigenvalue weighted by Gasteiger charge is -2.43. The highest BCUT2D eigenvalue weighted by Crippen LogP contribution is 2.44. The number of methoxy groups -OCH3 is 1. The van der Waals surface area contributed by atoms with Crippen LogP contribution >= 0.6 is 0 Å². The summed E-state index contributed by atoms with van der Waals surface area (Å²) in [4.78, 5) is 13.0. The number of hydrogen-bond donors (Lipinski definition) is 2. The van der Waals surface area contributed by atoms with Gasteiger partial charge in [-0.05, 0) is 43.7 Å². The predicted octanol–water partition coefficient (Wildman–Crippen LogP) is 3.50. The fourth-order valence-electron chi connectivity index (χ4n) is 3.87. The molecule has 3 N–H and O–H groups in total. The number of carbonyl (C=O) groups is 1. The minimum absolute atomic E-state index is 0.133. The van der Waals surface area contributed by atoms with E-state index in [2.05, 4.69) is 0 Å². The van der Waals surface area contributed by atoms with Crippen molar-refractivity contribution in [3.63, 3.8) is 0 Å². The number of unbranched alkanes of at least 4 members (excludes halogenated alkanes) is 1. The summed E-state index contributed by atoms with van der Waals surface area (Å²) in [5.41, 5.74) is 2.69. The van der Waals surface area contributed by atoms with E-state index in [9.17, 15) is 23.1 Å². The summed E-state index contributed by atoms with van der Waals surface area (Å²) in [5.74, 6) is -0.523. The van der Waals surface area contributed by atoms with E-state index in [-0.39, 0.29) is 18.5 Å². The van der Waals surface area contributed by atoms with Crippen LogP contribution in [0.15, 0.2) is 24.3 Å². The predicted molar refractivity (Wildman–Crippen MR) is 94.9 cm³/mol. The number of piperidine rings is 1. The minimum Gasteiger partial charge on any atom is -0.385 e. The molecule has 1 saturated heterocycles. The van der Waals surface area contributed by atoms with Crippen molar-refractivity contribution in [2.45, 2.75) is 43.9 Å². The van der Waals surface area contributed by atoms with Crippen molar-refractivity contribution in [3.8, 4) is 0 Å². The molecule has 1 aromatic carbocycles. The quantitative estimate of drug-likeness (QED) is 0.702. The van der Waals surface area contributed by atoms with Crippen molar-refractivity contribution in [3.05, 3.63) is 35.4 Å². The van der Waals surface area contributed by atoms with E-state index in [1.165, 1.54) is 23.1 Å². The molecule has 1 aliphatic heterocycles. The molecule has 152 valence electrons. The normalized spacial score (nSPS) is 20.3. The summed E-state index contributed by atoms with van der Waals surface area (Å²) in [6, 6.07) is 4.52. The van der Waals surface area contributed by atoms with Gasteiger partial charge in [0.1, 0.15) is 0 Å². The smallest absolute Gasteiger partial charge is 0.385 e. The largest absolute Gasteiger partial charge is 0.416 e.